The van der Waals surface area contributed by atoms with Crippen LogP contribution in [0.2, 0.25) is 24.7 Å². The molecule has 0 bridgehead atoms. The maximum atomic E-state index is 10.5. The number of hydrogen-bond donors (Lipinski definition) is 5. The van der Waals surface area contributed by atoms with Gasteiger partial charge in [-0.3, -0.25) is 0 Å². The first kappa shape index (κ1) is 45.9. The van der Waals surface area contributed by atoms with Gasteiger partial charge in [-0.2, -0.15) is 0 Å². The Labute approximate surface area is 259 Å². The monoisotopic (exact) mass is 663 g/mol. The van der Waals surface area contributed by atoms with E-state index in [1.54, 1.807) is 35.5 Å². The topological polar surface area (TPSA) is 179 Å². The zero-order chi connectivity index (χ0) is 32.8. The van der Waals surface area contributed by atoms with E-state index >= 15 is 0 Å². The van der Waals surface area contributed by atoms with E-state index in [0.717, 1.165) is 51.0 Å². The molecule has 0 heterocycles. The summed E-state index contributed by atoms with van der Waals surface area (Å²) in [7, 11) is 3.61. The lowest BCUT2D eigenvalue weighted by atomic mass is 10.5. The van der Waals surface area contributed by atoms with Gasteiger partial charge in [0.25, 0.3) is 0 Å². The van der Waals surface area contributed by atoms with Crippen molar-refractivity contribution in [2.24, 2.45) is 11.5 Å². The number of carbonyl (C=O) groups is 1. The van der Waals surface area contributed by atoms with Crippen LogP contribution >= 0.6 is 0 Å². The minimum absolute atomic E-state index is 0.511. The molecule has 0 fully saturated rings. The molecule has 0 aromatic rings. The normalized spacial score (nSPS) is 11.8. The van der Waals surface area contributed by atoms with Gasteiger partial charge in [-0.15, -0.1) is 0 Å². The number of amides is 2. The smallest absolute Gasteiger partial charge is 0.398 e. The maximum absolute atomic E-state index is 10.5. The second-order valence-electron chi connectivity index (χ2n) is 9.06. The van der Waals surface area contributed by atoms with Gasteiger partial charge in [-0.25, -0.2) is 4.79 Å². The molecule has 0 aliphatic rings. The van der Waals surface area contributed by atoms with Gasteiger partial charge in [-0.1, -0.05) is 0 Å². The first-order valence-electron chi connectivity index (χ1n) is 14.8. The quantitative estimate of drug-likeness (QED) is 0.0708. The van der Waals surface area contributed by atoms with Crippen LogP contribution in [-0.2, 0) is 35.4 Å². The molecule has 0 aliphatic carbocycles. The summed E-state index contributed by atoms with van der Waals surface area (Å²) in [6.07, 6.45) is 2.83. The summed E-state index contributed by atoms with van der Waals surface area (Å²) in [4.78, 5) is 10.5. The predicted octanol–water partition coefficient (Wildman–Crippen LogP) is 1.86. The third-order valence-electron chi connectivity index (χ3n) is 6.06. The zero-order valence-electron chi connectivity index (χ0n) is 28.2. The second kappa shape index (κ2) is 30.5. The lowest BCUT2D eigenvalue weighted by Crippen LogP contribution is -2.46. The Balaban J connectivity index is -0.000000554. The van der Waals surface area contributed by atoms with Gasteiger partial charge in [-0.05, 0) is 72.8 Å². The third-order valence-corrected chi connectivity index (χ3v) is 15.0. The lowest BCUT2D eigenvalue weighted by molar-refractivity contribution is 0.0708. The summed E-state index contributed by atoms with van der Waals surface area (Å²) < 4.78 is 43.5. The van der Waals surface area contributed by atoms with Crippen LogP contribution in [0.4, 0.5) is 4.79 Å². The van der Waals surface area contributed by atoms with Crippen molar-refractivity contribution >= 4 is 32.2 Å². The number of primary amides is 1. The summed E-state index contributed by atoms with van der Waals surface area (Å²) in [5.41, 5.74) is 10.3. The number of nitrogens with two attached hydrogens (primary N) is 2. The highest BCUT2D eigenvalue weighted by atomic mass is 28.4. The molecule has 0 saturated carbocycles. The molecule has 0 aromatic carbocycles. The average molecular weight is 664 g/mol. The summed E-state index contributed by atoms with van der Waals surface area (Å²) in [6, 6.07) is 2.05. The van der Waals surface area contributed by atoms with Gasteiger partial charge in [0.05, 0.1) is 0 Å². The highest BCUT2D eigenvalue weighted by molar-refractivity contribution is 6.65. The molecule has 14 nitrogen and oxygen atoms in total. The Morgan fingerprint density at radius 3 is 1.50 bits per heavy atom. The number of urea groups is 1. The first-order chi connectivity index (χ1) is 20.0. The highest BCUT2D eigenvalue weighted by Gasteiger charge is 2.39. The SMILES string of the molecule is CCO[Si](CCCNC(N)=O)(OCC)OCC.CNCCC[Si](OC)(OC)OC.CO[Si](C)(CCCNCCN)OC. The standard InChI is InChI=1S/C10H24N2O4Si.C8H22N2O2Si.C7H19NO3Si/c1-4-14-17(15-5-2,16-6-3)9-7-8-12-10(11)13;1-11-13(3,12-2)8-4-6-10-7-5-9;1-8-6-5-7-12(9-2,10-3)11-4/h4-9H2,1-3H3,(H3,11,12,13);10H,4-9H2,1-3H3;8H,5-7H2,1-4H3. The molecule has 0 aliphatic heterocycles. The molecule has 0 rings (SSSR count). The summed E-state index contributed by atoms with van der Waals surface area (Å²) in [5, 5.41) is 8.85. The van der Waals surface area contributed by atoms with Crippen molar-refractivity contribution in [2.45, 2.75) is 64.7 Å². The molecule has 0 unspecified atom stereocenters. The molecular formula is C25H65N5O9Si3. The Kier molecular flexibility index (Phi) is 33.3. The van der Waals surface area contributed by atoms with E-state index in [4.69, 9.17) is 46.9 Å². The minimum atomic E-state index is -2.56. The van der Waals surface area contributed by atoms with Crippen molar-refractivity contribution in [1.29, 1.82) is 0 Å². The van der Waals surface area contributed by atoms with Crippen LogP contribution in [0.5, 0.6) is 0 Å². The van der Waals surface area contributed by atoms with Crippen LogP contribution in [0.3, 0.4) is 0 Å². The van der Waals surface area contributed by atoms with E-state index in [1.165, 1.54) is 0 Å². The van der Waals surface area contributed by atoms with Gasteiger partial charge in [0, 0.05) is 87.1 Å². The summed E-state index contributed by atoms with van der Waals surface area (Å²) in [5.74, 6) is 0. The zero-order valence-corrected chi connectivity index (χ0v) is 31.2. The Hall–Kier alpha value is -0.519. The van der Waals surface area contributed by atoms with Crippen LogP contribution in [0, 0.1) is 0 Å². The molecule has 2 amide bonds. The van der Waals surface area contributed by atoms with Gasteiger partial charge in [0.2, 0.25) is 0 Å². The van der Waals surface area contributed by atoms with E-state index in [9.17, 15) is 4.79 Å². The molecule has 0 atom stereocenters. The number of nitrogens with one attached hydrogen (secondary N) is 3. The van der Waals surface area contributed by atoms with Gasteiger partial charge in [0.15, 0.2) is 0 Å². The number of rotatable bonds is 25. The van der Waals surface area contributed by atoms with Crippen molar-refractivity contribution in [3.05, 3.63) is 0 Å². The van der Waals surface area contributed by atoms with Gasteiger partial charge in [0.1, 0.15) is 0 Å². The third kappa shape index (κ3) is 24.9. The van der Waals surface area contributed by atoms with Crippen molar-refractivity contribution in [3.8, 4) is 0 Å². The Morgan fingerprint density at radius 2 is 1.12 bits per heavy atom. The van der Waals surface area contributed by atoms with E-state index in [1.807, 2.05) is 27.8 Å². The predicted molar refractivity (Wildman–Crippen MR) is 175 cm³/mol. The van der Waals surface area contributed by atoms with Crippen LogP contribution < -0.4 is 27.4 Å². The second-order valence-corrected chi connectivity index (χ2v) is 18.5. The number of carbonyl (C=O) groups excluding carboxylic acids is 1. The van der Waals surface area contributed by atoms with Gasteiger partial charge < -0.3 is 62.8 Å². The average Bonchev–Trinajstić information content (AvgIpc) is 2.99. The molecule has 42 heavy (non-hydrogen) atoms. The van der Waals surface area contributed by atoms with Gasteiger partial charge >= 0.3 is 32.2 Å². The highest BCUT2D eigenvalue weighted by Crippen LogP contribution is 2.18. The van der Waals surface area contributed by atoms with Crippen molar-refractivity contribution in [1.82, 2.24) is 16.0 Å². The largest absolute Gasteiger partial charge is 0.500 e. The maximum Gasteiger partial charge on any atom is 0.500 e. The first-order valence-corrected chi connectivity index (χ1v) is 21.2. The molecular weight excluding hydrogens is 599 g/mol. The molecule has 0 radical (unpaired) electrons. The minimum Gasteiger partial charge on any atom is -0.398 e. The van der Waals surface area contributed by atoms with Crippen LogP contribution in [0.1, 0.15) is 40.0 Å². The molecule has 7 N–H and O–H groups in total. The van der Waals surface area contributed by atoms with Crippen LogP contribution in [0.15, 0.2) is 0 Å². The molecule has 0 spiro atoms. The van der Waals surface area contributed by atoms with Crippen molar-refractivity contribution in [2.75, 3.05) is 95.1 Å². The Morgan fingerprint density at radius 1 is 0.667 bits per heavy atom. The van der Waals surface area contributed by atoms with Crippen molar-refractivity contribution < 1.29 is 40.2 Å². The van der Waals surface area contributed by atoms with E-state index in [-0.39, 0.29) is 0 Å². The fourth-order valence-corrected chi connectivity index (χ4v) is 9.33. The summed E-state index contributed by atoms with van der Waals surface area (Å²) in [6.45, 7) is 13.6. The van der Waals surface area contributed by atoms with E-state index in [2.05, 4.69) is 22.5 Å². The van der Waals surface area contributed by atoms with E-state index in [0.29, 0.717) is 39.0 Å². The Bertz CT molecular complexity index is 572. The number of hydrogen-bond acceptors (Lipinski definition) is 12. The fraction of sp³-hybridized carbons (Fsp3) is 0.960. The van der Waals surface area contributed by atoms with Crippen LogP contribution in [-0.4, -0.2) is 127 Å². The van der Waals surface area contributed by atoms with Crippen molar-refractivity contribution in [3.63, 3.8) is 0 Å². The molecule has 17 heteroatoms. The van der Waals surface area contributed by atoms with Crippen LogP contribution in [0.25, 0.3) is 0 Å². The lowest BCUT2D eigenvalue weighted by Gasteiger charge is -2.28. The fourth-order valence-electron chi connectivity index (χ4n) is 3.60. The molecule has 0 aromatic heterocycles. The molecule has 256 valence electrons. The van der Waals surface area contributed by atoms with E-state index < -0.39 is 32.2 Å². The molecule has 0 saturated heterocycles. The summed E-state index contributed by atoms with van der Waals surface area (Å²) >= 11 is 0.